The van der Waals surface area contributed by atoms with Crippen LogP contribution in [0.1, 0.15) is 38.7 Å². The van der Waals surface area contributed by atoms with Gasteiger partial charge in [-0.05, 0) is 48.8 Å². The third-order valence-electron chi connectivity index (χ3n) is 4.72. The maximum Gasteiger partial charge on any atom is 0.231 e. The molecule has 1 aromatic carbocycles. The van der Waals surface area contributed by atoms with Gasteiger partial charge in [0.05, 0.1) is 0 Å². The Balaban J connectivity index is 1.61. The molecule has 0 aromatic heterocycles. The summed E-state index contributed by atoms with van der Waals surface area (Å²) in [5, 5.41) is 3.69. The van der Waals surface area contributed by atoms with Crippen LogP contribution in [0.15, 0.2) is 16.6 Å². The summed E-state index contributed by atoms with van der Waals surface area (Å²) in [7, 11) is 0. The summed E-state index contributed by atoms with van der Waals surface area (Å²) in [6.45, 7) is 5.95. The van der Waals surface area contributed by atoms with Crippen LogP contribution < -0.4 is 14.8 Å². The molecule has 20 heavy (non-hydrogen) atoms. The van der Waals surface area contributed by atoms with Crippen molar-refractivity contribution in [2.45, 2.75) is 45.7 Å². The van der Waals surface area contributed by atoms with E-state index in [2.05, 4.69) is 41.2 Å². The molecule has 1 aromatic rings. The van der Waals surface area contributed by atoms with Crippen molar-refractivity contribution in [3.8, 4) is 11.5 Å². The Morgan fingerprint density at radius 1 is 1.15 bits per heavy atom. The van der Waals surface area contributed by atoms with Gasteiger partial charge in [0.2, 0.25) is 6.79 Å². The molecule has 1 saturated carbocycles. The van der Waals surface area contributed by atoms with Crippen molar-refractivity contribution >= 4 is 15.9 Å². The molecule has 3 nitrogen and oxygen atoms in total. The highest BCUT2D eigenvalue weighted by Gasteiger charge is 2.24. The van der Waals surface area contributed by atoms with E-state index in [-0.39, 0.29) is 0 Å². The molecule has 1 fully saturated rings. The first-order valence-electron chi connectivity index (χ1n) is 7.45. The Kier molecular flexibility index (Phi) is 4.22. The smallest absolute Gasteiger partial charge is 0.231 e. The minimum atomic E-state index is 0.330. The predicted molar refractivity (Wildman–Crippen MR) is 83.1 cm³/mol. The minimum Gasteiger partial charge on any atom is -0.454 e. The monoisotopic (exact) mass is 339 g/mol. The molecule has 110 valence electrons. The van der Waals surface area contributed by atoms with E-state index >= 15 is 0 Å². The van der Waals surface area contributed by atoms with Crippen LogP contribution in [-0.4, -0.2) is 12.8 Å². The van der Waals surface area contributed by atoms with Crippen molar-refractivity contribution in [1.29, 1.82) is 0 Å². The van der Waals surface area contributed by atoms with Gasteiger partial charge in [-0.2, -0.15) is 0 Å². The fraction of sp³-hybridized carbons (Fsp3) is 0.625. The van der Waals surface area contributed by atoms with Gasteiger partial charge >= 0.3 is 0 Å². The Bertz CT molecular complexity index is 492. The van der Waals surface area contributed by atoms with Crippen LogP contribution in [0, 0.1) is 11.8 Å². The number of nitrogens with one attached hydrogen (secondary N) is 1. The number of ether oxygens (including phenoxy) is 2. The van der Waals surface area contributed by atoms with Gasteiger partial charge in [-0.25, -0.2) is 0 Å². The van der Waals surface area contributed by atoms with Gasteiger partial charge in [0.15, 0.2) is 11.5 Å². The average Bonchev–Trinajstić information content (AvgIpc) is 2.87. The number of rotatable bonds is 3. The molecular formula is C16H22BrNO2. The summed E-state index contributed by atoms with van der Waals surface area (Å²) in [5.74, 6) is 3.38. The van der Waals surface area contributed by atoms with Gasteiger partial charge in [-0.3, -0.25) is 0 Å². The normalized spacial score (nSPS) is 28.6. The van der Waals surface area contributed by atoms with Crippen LogP contribution in [0.25, 0.3) is 0 Å². The zero-order chi connectivity index (χ0) is 14.1. The molecule has 3 rings (SSSR count). The van der Waals surface area contributed by atoms with E-state index in [1.807, 2.05) is 6.07 Å². The maximum absolute atomic E-state index is 5.45. The van der Waals surface area contributed by atoms with Crippen LogP contribution in [0.4, 0.5) is 0 Å². The number of halogens is 1. The largest absolute Gasteiger partial charge is 0.454 e. The topological polar surface area (TPSA) is 30.5 Å². The molecule has 3 atom stereocenters. The molecule has 1 aliphatic carbocycles. The van der Waals surface area contributed by atoms with E-state index < -0.39 is 0 Å². The van der Waals surface area contributed by atoms with Gasteiger partial charge in [0, 0.05) is 17.1 Å². The molecule has 0 radical (unpaired) electrons. The van der Waals surface area contributed by atoms with Crippen molar-refractivity contribution in [3.63, 3.8) is 0 Å². The Morgan fingerprint density at radius 2 is 1.90 bits per heavy atom. The minimum absolute atomic E-state index is 0.330. The molecule has 0 saturated heterocycles. The van der Waals surface area contributed by atoms with E-state index in [1.165, 1.54) is 24.8 Å². The molecule has 1 N–H and O–H groups in total. The lowest BCUT2D eigenvalue weighted by atomic mass is 9.79. The second-order valence-electron chi connectivity index (χ2n) is 6.14. The van der Waals surface area contributed by atoms with Gasteiger partial charge in [-0.1, -0.05) is 29.8 Å². The van der Waals surface area contributed by atoms with Crippen LogP contribution in [-0.2, 0) is 6.54 Å². The summed E-state index contributed by atoms with van der Waals surface area (Å²) in [6, 6.07) is 4.72. The van der Waals surface area contributed by atoms with Gasteiger partial charge in [0.25, 0.3) is 0 Å². The Morgan fingerprint density at radius 3 is 2.65 bits per heavy atom. The summed E-state index contributed by atoms with van der Waals surface area (Å²) in [6.07, 6.45) is 3.90. The predicted octanol–water partition coefficient (Wildman–Crippen LogP) is 4.09. The molecule has 0 amide bonds. The van der Waals surface area contributed by atoms with E-state index in [0.717, 1.165) is 34.4 Å². The molecule has 1 aliphatic heterocycles. The van der Waals surface area contributed by atoms with Crippen molar-refractivity contribution < 1.29 is 9.47 Å². The van der Waals surface area contributed by atoms with Crippen molar-refractivity contribution in [1.82, 2.24) is 5.32 Å². The van der Waals surface area contributed by atoms with E-state index in [1.54, 1.807) is 0 Å². The second-order valence-corrected chi connectivity index (χ2v) is 7.00. The molecule has 3 unspecified atom stereocenters. The lowest BCUT2D eigenvalue weighted by Gasteiger charge is -2.32. The number of hydrogen-bond acceptors (Lipinski definition) is 3. The molecule has 1 heterocycles. The summed E-state index contributed by atoms with van der Waals surface area (Å²) in [4.78, 5) is 0. The van der Waals surface area contributed by atoms with E-state index in [4.69, 9.17) is 9.47 Å². The standard InChI is InChI=1S/C16H22BrNO2/c1-10-3-4-13(5-11(10)2)18-8-12-6-15-16(7-14(12)17)20-9-19-15/h6-7,10-11,13,18H,3-5,8-9H2,1-2H3. The van der Waals surface area contributed by atoms with Crippen LogP contribution in [0.2, 0.25) is 0 Å². The maximum atomic E-state index is 5.45. The second kappa shape index (κ2) is 5.94. The molecule has 0 bridgehead atoms. The van der Waals surface area contributed by atoms with Crippen LogP contribution >= 0.6 is 15.9 Å². The number of hydrogen-bond donors (Lipinski definition) is 1. The lowest BCUT2D eigenvalue weighted by molar-refractivity contribution is 0.174. The van der Waals surface area contributed by atoms with Crippen molar-refractivity contribution in [2.75, 3.05) is 6.79 Å². The third kappa shape index (κ3) is 2.96. The Hall–Kier alpha value is -0.740. The molecule has 4 heteroatoms. The third-order valence-corrected chi connectivity index (χ3v) is 5.46. The first-order chi connectivity index (χ1) is 9.63. The Labute approximate surface area is 129 Å². The molecule has 0 spiro atoms. The highest BCUT2D eigenvalue weighted by atomic mass is 79.9. The van der Waals surface area contributed by atoms with E-state index in [9.17, 15) is 0 Å². The highest BCUT2D eigenvalue weighted by molar-refractivity contribution is 9.10. The van der Waals surface area contributed by atoms with Gasteiger partial charge in [0.1, 0.15) is 0 Å². The number of fused-ring (bicyclic) bond motifs is 1. The first kappa shape index (κ1) is 14.2. The molecule has 2 aliphatic rings. The van der Waals surface area contributed by atoms with Gasteiger partial charge < -0.3 is 14.8 Å². The lowest BCUT2D eigenvalue weighted by Crippen LogP contribution is -2.35. The van der Waals surface area contributed by atoms with Crippen molar-refractivity contribution in [3.05, 3.63) is 22.2 Å². The van der Waals surface area contributed by atoms with Crippen molar-refractivity contribution in [2.24, 2.45) is 11.8 Å². The van der Waals surface area contributed by atoms with Crippen LogP contribution in [0.3, 0.4) is 0 Å². The zero-order valence-electron chi connectivity index (χ0n) is 12.1. The fourth-order valence-corrected chi connectivity index (χ4v) is 3.54. The summed E-state index contributed by atoms with van der Waals surface area (Å²) in [5.41, 5.74) is 1.24. The average molecular weight is 340 g/mol. The van der Waals surface area contributed by atoms with Gasteiger partial charge in [-0.15, -0.1) is 0 Å². The quantitative estimate of drug-likeness (QED) is 0.899. The van der Waals surface area contributed by atoms with E-state index in [0.29, 0.717) is 12.8 Å². The number of benzene rings is 1. The first-order valence-corrected chi connectivity index (χ1v) is 8.24. The summed E-state index contributed by atoms with van der Waals surface area (Å²) >= 11 is 3.62. The van der Waals surface area contributed by atoms with Crippen LogP contribution in [0.5, 0.6) is 11.5 Å². The highest BCUT2D eigenvalue weighted by Crippen LogP contribution is 2.37. The summed E-state index contributed by atoms with van der Waals surface area (Å²) < 4.78 is 11.9. The fourth-order valence-electron chi connectivity index (χ4n) is 3.08. The zero-order valence-corrected chi connectivity index (χ0v) is 13.7. The SMILES string of the molecule is CC1CCC(NCc2cc3c(cc2Br)OCO3)CC1C. The molecular weight excluding hydrogens is 318 g/mol.